The molecule has 0 N–H and O–H groups in total. The van der Waals surface area contributed by atoms with Gasteiger partial charge in [0, 0.05) is 0 Å². The predicted molar refractivity (Wildman–Crippen MR) is 189 cm³/mol. The summed E-state index contributed by atoms with van der Waals surface area (Å²) in [5.74, 6) is 2.00. The Morgan fingerprint density at radius 1 is 0.378 bits per heavy atom. The van der Waals surface area contributed by atoms with Crippen LogP contribution in [0.3, 0.4) is 0 Å². The van der Waals surface area contributed by atoms with Gasteiger partial charge in [-0.3, -0.25) is 0 Å². The van der Waals surface area contributed by atoms with E-state index in [1.165, 1.54) is 46.4 Å². The molecule has 0 bridgehead atoms. The van der Waals surface area contributed by atoms with Crippen LogP contribution in [0.4, 0.5) is 0 Å². The number of benzene rings is 7. The molecule has 0 unspecified atom stereocenters. The van der Waals surface area contributed by atoms with E-state index in [0.717, 1.165) is 22.3 Å². The van der Waals surface area contributed by atoms with E-state index in [1.807, 2.05) is 60.7 Å². The molecular formula is C41H25N3Se. The van der Waals surface area contributed by atoms with Gasteiger partial charge in [-0.25, -0.2) is 0 Å². The Kier molecular flexibility index (Phi) is 6.15. The zero-order valence-electron chi connectivity index (χ0n) is 24.2. The Hall–Kier alpha value is -5.41. The Bertz CT molecular complexity index is 2480. The first-order valence-electron chi connectivity index (χ1n) is 15.0. The first-order valence-corrected chi connectivity index (χ1v) is 16.7. The van der Waals surface area contributed by atoms with Gasteiger partial charge in [-0.05, 0) is 0 Å². The van der Waals surface area contributed by atoms with Crippen molar-refractivity contribution in [3.05, 3.63) is 152 Å². The van der Waals surface area contributed by atoms with E-state index in [0.29, 0.717) is 17.5 Å². The summed E-state index contributed by atoms with van der Waals surface area (Å²) < 4.78 is 2.91. The molecule has 9 rings (SSSR count). The van der Waals surface area contributed by atoms with Crippen molar-refractivity contribution in [3.63, 3.8) is 0 Å². The van der Waals surface area contributed by atoms with Crippen molar-refractivity contribution in [2.45, 2.75) is 0 Å². The number of fused-ring (bicyclic) bond motifs is 7. The second-order valence-electron chi connectivity index (χ2n) is 11.2. The van der Waals surface area contributed by atoms with Gasteiger partial charge in [0.1, 0.15) is 0 Å². The SMILES string of the molecule is c1ccc(-c2nc(-c3ccccc3)nc(-c3cccc(-c4cccc5[se]c6c(ccc7ccc8ccccc8c76)c45)c3)n2)cc1. The van der Waals surface area contributed by atoms with Crippen molar-refractivity contribution in [3.8, 4) is 45.3 Å². The van der Waals surface area contributed by atoms with Crippen LogP contribution < -0.4 is 0 Å². The number of rotatable bonds is 4. The van der Waals surface area contributed by atoms with Gasteiger partial charge in [-0.2, -0.15) is 0 Å². The molecule has 0 saturated heterocycles. The minimum absolute atomic E-state index is 0.214. The van der Waals surface area contributed by atoms with Crippen LogP contribution in [0.15, 0.2) is 152 Å². The fourth-order valence-electron chi connectivity index (χ4n) is 6.38. The van der Waals surface area contributed by atoms with Gasteiger partial charge in [0.2, 0.25) is 0 Å². The van der Waals surface area contributed by atoms with Crippen LogP contribution >= 0.6 is 0 Å². The van der Waals surface area contributed by atoms with E-state index in [4.69, 9.17) is 15.0 Å². The quantitative estimate of drug-likeness (QED) is 0.142. The average molecular weight is 639 g/mol. The molecule has 7 aromatic carbocycles. The normalized spacial score (nSPS) is 11.6. The first kappa shape index (κ1) is 26.0. The van der Waals surface area contributed by atoms with Crippen LogP contribution in [-0.4, -0.2) is 29.5 Å². The molecule has 0 aliphatic carbocycles. The van der Waals surface area contributed by atoms with Crippen LogP contribution in [0.5, 0.6) is 0 Å². The van der Waals surface area contributed by atoms with Gasteiger partial charge in [-0.15, -0.1) is 0 Å². The number of nitrogens with zero attached hydrogens (tertiary/aromatic N) is 3. The van der Waals surface area contributed by atoms with Gasteiger partial charge < -0.3 is 0 Å². The standard InChI is InChI=1S/C41H25N3Se/c1-3-12-28(13-4-1)39-42-40(29-14-5-2-6-15-29)44-41(43-39)31-17-9-16-30(25-31)33-19-10-20-35-37(33)34-24-23-27-22-21-26-11-7-8-18-32(26)36(27)38(34)45-35/h1-25H. The summed E-state index contributed by atoms with van der Waals surface area (Å²) in [6, 6.07) is 53.6. The molecule has 4 heteroatoms. The summed E-state index contributed by atoms with van der Waals surface area (Å²) in [4.78, 5) is 14.9. The van der Waals surface area contributed by atoms with Crippen molar-refractivity contribution >= 4 is 55.3 Å². The number of aromatic nitrogens is 3. The maximum atomic E-state index is 4.99. The zero-order valence-corrected chi connectivity index (χ0v) is 25.9. The Labute approximate surface area is 266 Å². The van der Waals surface area contributed by atoms with Gasteiger partial charge >= 0.3 is 255 Å². The third-order valence-corrected chi connectivity index (χ3v) is 11.0. The molecule has 0 radical (unpaired) electrons. The van der Waals surface area contributed by atoms with Gasteiger partial charge in [0.15, 0.2) is 0 Å². The van der Waals surface area contributed by atoms with E-state index >= 15 is 0 Å². The van der Waals surface area contributed by atoms with E-state index in [2.05, 4.69) is 91.0 Å². The molecule has 0 saturated carbocycles. The zero-order chi connectivity index (χ0) is 29.7. The van der Waals surface area contributed by atoms with Gasteiger partial charge in [0.05, 0.1) is 0 Å². The number of hydrogen-bond acceptors (Lipinski definition) is 3. The molecule has 0 atom stereocenters. The van der Waals surface area contributed by atoms with Crippen molar-refractivity contribution in [1.82, 2.24) is 15.0 Å². The van der Waals surface area contributed by atoms with E-state index < -0.39 is 0 Å². The molecular weight excluding hydrogens is 613 g/mol. The summed E-state index contributed by atoms with van der Waals surface area (Å²) >= 11 is 0.214. The Morgan fingerprint density at radius 2 is 0.956 bits per heavy atom. The second-order valence-corrected chi connectivity index (χ2v) is 13.4. The molecule has 0 fully saturated rings. The molecule has 45 heavy (non-hydrogen) atoms. The second kappa shape index (κ2) is 10.6. The van der Waals surface area contributed by atoms with Crippen molar-refractivity contribution in [2.24, 2.45) is 0 Å². The fourth-order valence-corrected chi connectivity index (χ4v) is 9.10. The van der Waals surface area contributed by atoms with Crippen molar-refractivity contribution in [1.29, 1.82) is 0 Å². The van der Waals surface area contributed by atoms with E-state index in [9.17, 15) is 0 Å². The summed E-state index contributed by atoms with van der Waals surface area (Å²) in [7, 11) is 0. The monoisotopic (exact) mass is 639 g/mol. The minimum atomic E-state index is 0.214. The number of hydrogen-bond donors (Lipinski definition) is 0. The molecule has 0 spiro atoms. The third-order valence-electron chi connectivity index (χ3n) is 8.50. The molecule has 9 aromatic rings. The fraction of sp³-hybridized carbons (Fsp3) is 0. The Morgan fingerprint density at radius 3 is 1.71 bits per heavy atom. The molecule has 0 aliphatic heterocycles. The molecule has 0 amide bonds. The van der Waals surface area contributed by atoms with Gasteiger partial charge in [-0.1, -0.05) is 12.1 Å². The van der Waals surface area contributed by atoms with E-state index in [-0.39, 0.29) is 14.5 Å². The molecule has 2 aromatic heterocycles. The molecule has 3 nitrogen and oxygen atoms in total. The molecule has 210 valence electrons. The topological polar surface area (TPSA) is 38.7 Å². The average Bonchev–Trinajstić information content (AvgIpc) is 3.51. The van der Waals surface area contributed by atoms with Gasteiger partial charge in [0.25, 0.3) is 0 Å². The molecule has 2 heterocycles. The first-order chi connectivity index (χ1) is 22.3. The van der Waals surface area contributed by atoms with Crippen LogP contribution in [0.25, 0.3) is 86.1 Å². The van der Waals surface area contributed by atoms with Crippen molar-refractivity contribution in [2.75, 3.05) is 0 Å². The van der Waals surface area contributed by atoms with Crippen molar-refractivity contribution < 1.29 is 0 Å². The summed E-state index contributed by atoms with van der Waals surface area (Å²) in [5.41, 5.74) is 5.31. The van der Waals surface area contributed by atoms with Crippen LogP contribution in [0.2, 0.25) is 0 Å². The third kappa shape index (κ3) is 4.46. The maximum absolute atomic E-state index is 4.99. The molecule has 0 aliphatic rings. The van der Waals surface area contributed by atoms with E-state index in [1.54, 1.807) is 0 Å². The van der Waals surface area contributed by atoms with Crippen LogP contribution in [-0.2, 0) is 0 Å². The predicted octanol–water partition coefficient (Wildman–Crippen LogP) is 10.2. The van der Waals surface area contributed by atoms with Crippen LogP contribution in [0.1, 0.15) is 0 Å². The summed E-state index contributed by atoms with van der Waals surface area (Å²) in [6.45, 7) is 0. The summed E-state index contributed by atoms with van der Waals surface area (Å²) in [5, 5.41) is 8.04. The Balaban J connectivity index is 1.24. The van der Waals surface area contributed by atoms with Crippen LogP contribution in [0, 0.1) is 0 Å². The summed E-state index contributed by atoms with van der Waals surface area (Å²) in [6.07, 6.45) is 0.